The lowest BCUT2D eigenvalue weighted by atomic mass is 10.0. The number of halogens is 5. The minimum absolute atomic E-state index is 0.0853. The summed E-state index contributed by atoms with van der Waals surface area (Å²) in [5.41, 5.74) is 0.390. The first-order valence-corrected chi connectivity index (χ1v) is 17.7. The second-order valence-corrected chi connectivity index (χ2v) is 14.2. The predicted molar refractivity (Wildman–Crippen MR) is 186 cm³/mol. The van der Waals surface area contributed by atoms with Gasteiger partial charge in [0.05, 0.1) is 21.2 Å². The van der Waals surface area contributed by atoms with Crippen LogP contribution in [-0.4, -0.2) is 44.3 Å². The maximum atomic E-state index is 14.5. The maximum absolute atomic E-state index is 14.5. The molecule has 0 aliphatic rings. The third kappa shape index (κ3) is 9.99. The molecule has 4 rings (SSSR count). The number of nitrogens with one attached hydrogen (secondary N) is 1. The molecule has 0 aromatic heterocycles. The highest BCUT2D eigenvalue weighted by atomic mass is 35.5. The number of sulfonamides is 1. The molecule has 1 unspecified atom stereocenters. The van der Waals surface area contributed by atoms with E-state index in [1.54, 1.807) is 67.6 Å². The van der Waals surface area contributed by atoms with Crippen LogP contribution in [0.1, 0.15) is 42.0 Å². The summed E-state index contributed by atoms with van der Waals surface area (Å²) in [6.45, 7) is 3.02. The lowest BCUT2D eigenvalue weighted by Gasteiger charge is -2.34. The first-order valence-electron chi connectivity index (χ1n) is 15.5. The Morgan fingerprint density at radius 3 is 2.14 bits per heavy atom. The summed E-state index contributed by atoms with van der Waals surface area (Å²) in [7, 11) is -4.62. The summed E-state index contributed by atoms with van der Waals surface area (Å²) >= 11 is 12.0. The lowest BCUT2D eigenvalue weighted by Crippen LogP contribution is -2.53. The van der Waals surface area contributed by atoms with Crippen LogP contribution >= 0.6 is 23.2 Å². The number of unbranched alkanes of at least 4 members (excludes halogenated alkanes) is 1. The van der Waals surface area contributed by atoms with Gasteiger partial charge in [-0.15, -0.1) is 0 Å². The highest BCUT2D eigenvalue weighted by Crippen LogP contribution is 2.38. The normalized spacial score (nSPS) is 12.3. The van der Waals surface area contributed by atoms with Crippen LogP contribution in [0.25, 0.3) is 0 Å². The number of alkyl halides is 3. The van der Waals surface area contributed by atoms with Gasteiger partial charge >= 0.3 is 6.18 Å². The van der Waals surface area contributed by atoms with E-state index in [1.807, 2.05) is 13.0 Å². The number of benzene rings is 4. The Bertz CT molecular complexity index is 1840. The number of rotatable bonds is 14. The van der Waals surface area contributed by atoms with Crippen LogP contribution in [0.2, 0.25) is 10.0 Å². The summed E-state index contributed by atoms with van der Waals surface area (Å²) in [5, 5.41) is 2.70. The molecule has 1 N–H and O–H groups in total. The SMILES string of the molecule is CCCCNC(=O)C(Cc1ccccc1)N(Cc1ccc(Cl)cc1)C(=O)CN(c1ccc(Cl)c(C(F)(F)F)c1)S(=O)(=O)c1ccc(C)cc1. The van der Waals surface area contributed by atoms with Gasteiger partial charge in [0.25, 0.3) is 10.0 Å². The fraction of sp³-hybridized carbons (Fsp3) is 0.278. The van der Waals surface area contributed by atoms with E-state index in [4.69, 9.17) is 23.2 Å². The molecule has 0 bridgehead atoms. The number of nitrogens with zero attached hydrogens (tertiary/aromatic N) is 2. The van der Waals surface area contributed by atoms with E-state index in [2.05, 4.69) is 5.32 Å². The van der Waals surface area contributed by atoms with Crippen molar-refractivity contribution < 1.29 is 31.2 Å². The van der Waals surface area contributed by atoms with Gasteiger partial charge in [0, 0.05) is 24.5 Å². The Kier molecular flexibility index (Phi) is 12.8. The summed E-state index contributed by atoms with van der Waals surface area (Å²) in [5.74, 6) is -1.28. The van der Waals surface area contributed by atoms with Crippen LogP contribution < -0.4 is 9.62 Å². The number of carbonyl (C=O) groups is 2. The smallest absolute Gasteiger partial charge is 0.354 e. The van der Waals surface area contributed by atoms with Gasteiger partial charge in [-0.1, -0.05) is 96.7 Å². The second kappa shape index (κ2) is 16.6. The van der Waals surface area contributed by atoms with Crippen molar-refractivity contribution in [3.8, 4) is 0 Å². The zero-order valence-corrected chi connectivity index (χ0v) is 29.2. The van der Waals surface area contributed by atoms with Crippen molar-refractivity contribution in [1.82, 2.24) is 10.2 Å². The molecule has 0 saturated carbocycles. The van der Waals surface area contributed by atoms with E-state index in [1.165, 1.54) is 17.0 Å². The molecule has 0 radical (unpaired) electrons. The Morgan fingerprint density at radius 2 is 1.53 bits per heavy atom. The lowest BCUT2D eigenvalue weighted by molar-refractivity contribution is -0.140. The molecular weight excluding hydrogens is 698 g/mol. The summed E-state index contributed by atoms with van der Waals surface area (Å²) < 4.78 is 70.8. The van der Waals surface area contributed by atoms with Gasteiger partial charge in [0.1, 0.15) is 12.6 Å². The van der Waals surface area contributed by atoms with Crippen LogP contribution in [0, 0.1) is 6.92 Å². The molecule has 0 aliphatic carbocycles. The molecule has 0 saturated heterocycles. The van der Waals surface area contributed by atoms with Gasteiger partial charge in [-0.3, -0.25) is 13.9 Å². The highest BCUT2D eigenvalue weighted by Gasteiger charge is 2.37. The zero-order chi connectivity index (χ0) is 35.8. The standard InChI is InChI=1S/C36H36Cl2F3N3O4S/c1-3-4-20-42-35(46)33(21-26-8-6-5-7-9-26)43(23-27-12-14-28(37)15-13-27)34(45)24-44(49(47,48)30-17-10-25(2)11-18-30)29-16-19-32(38)31(22-29)36(39,40)41/h5-19,22,33H,3-4,20-21,23-24H2,1-2H3,(H,42,46). The predicted octanol–water partition coefficient (Wildman–Crippen LogP) is 8.07. The van der Waals surface area contributed by atoms with E-state index >= 15 is 0 Å². The van der Waals surface area contributed by atoms with Gasteiger partial charge in [0.2, 0.25) is 11.8 Å². The van der Waals surface area contributed by atoms with Crippen molar-refractivity contribution in [2.45, 2.75) is 56.8 Å². The van der Waals surface area contributed by atoms with Crippen molar-refractivity contribution in [3.05, 3.63) is 129 Å². The van der Waals surface area contributed by atoms with Gasteiger partial charge in [0.15, 0.2) is 0 Å². The minimum atomic E-state index is -4.91. The zero-order valence-electron chi connectivity index (χ0n) is 26.9. The molecule has 7 nitrogen and oxygen atoms in total. The summed E-state index contributed by atoms with van der Waals surface area (Å²) in [4.78, 5) is 29.3. The van der Waals surface area contributed by atoms with Crippen LogP contribution in [0.3, 0.4) is 0 Å². The van der Waals surface area contributed by atoms with E-state index in [9.17, 15) is 31.2 Å². The van der Waals surface area contributed by atoms with Crippen molar-refractivity contribution >= 4 is 50.7 Å². The van der Waals surface area contributed by atoms with E-state index in [0.29, 0.717) is 33.9 Å². The highest BCUT2D eigenvalue weighted by molar-refractivity contribution is 7.92. The fourth-order valence-electron chi connectivity index (χ4n) is 5.10. The van der Waals surface area contributed by atoms with E-state index < -0.39 is 56.9 Å². The van der Waals surface area contributed by atoms with Gasteiger partial charge in [-0.25, -0.2) is 8.42 Å². The Morgan fingerprint density at radius 1 is 0.878 bits per heavy atom. The monoisotopic (exact) mass is 733 g/mol. The molecule has 260 valence electrons. The molecule has 4 aromatic rings. The van der Waals surface area contributed by atoms with Gasteiger partial charge < -0.3 is 10.2 Å². The fourth-order valence-corrected chi connectivity index (χ4v) is 6.86. The average Bonchev–Trinajstić information content (AvgIpc) is 3.06. The Hall–Kier alpha value is -4.06. The molecule has 0 aliphatic heterocycles. The van der Waals surface area contributed by atoms with Crippen molar-refractivity contribution in [1.29, 1.82) is 0 Å². The molecule has 4 aromatic carbocycles. The van der Waals surface area contributed by atoms with Crippen molar-refractivity contribution in [2.75, 3.05) is 17.4 Å². The third-order valence-electron chi connectivity index (χ3n) is 7.80. The van der Waals surface area contributed by atoms with Crippen LogP contribution in [-0.2, 0) is 38.8 Å². The minimum Gasteiger partial charge on any atom is -0.354 e. The number of hydrogen-bond acceptors (Lipinski definition) is 4. The molecule has 49 heavy (non-hydrogen) atoms. The number of carbonyl (C=O) groups excluding carboxylic acids is 2. The quantitative estimate of drug-likeness (QED) is 0.133. The van der Waals surface area contributed by atoms with E-state index in [0.717, 1.165) is 29.7 Å². The molecule has 13 heteroatoms. The first kappa shape index (κ1) is 37.8. The Balaban J connectivity index is 1.85. The van der Waals surface area contributed by atoms with Crippen molar-refractivity contribution in [2.24, 2.45) is 0 Å². The topological polar surface area (TPSA) is 86.8 Å². The molecule has 0 fully saturated rings. The van der Waals surface area contributed by atoms with Crippen LogP contribution in [0.4, 0.5) is 18.9 Å². The molecule has 0 spiro atoms. The number of hydrogen-bond donors (Lipinski definition) is 1. The first-order chi connectivity index (χ1) is 23.2. The summed E-state index contributed by atoms with van der Waals surface area (Å²) in [6, 6.07) is 22.8. The van der Waals surface area contributed by atoms with Gasteiger partial charge in [-0.2, -0.15) is 13.2 Å². The van der Waals surface area contributed by atoms with Gasteiger partial charge in [-0.05, 0) is 66.9 Å². The molecule has 0 heterocycles. The number of amides is 2. The summed E-state index contributed by atoms with van der Waals surface area (Å²) in [6.07, 6.45) is -3.32. The Labute approximate surface area is 294 Å². The largest absolute Gasteiger partial charge is 0.417 e. The van der Waals surface area contributed by atoms with Crippen LogP contribution in [0.5, 0.6) is 0 Å². The molecule has 2 amide bonds. The van der Waals surface area contributed by atoms with Crippen molar-refractivity contribution in [3.63, 3.8) is 0 Å². The molecule has 1 atom stereocenters. The van der Waals surface area contributed by atoms with Crippen LogP contribution in [0.15, 0.2) is 102 Å². The van der Waals surface area contributed by atoms with E-state index in [-0.39, 0.29) is 17.9 Å². The third-order valence-corrected chi connectivity index (χ3v) is 10.2. The second-order valence-electron chi connectivity index (χ2n) is 11.5. The number of aryl methyl sites for hydroxylation is 1. The number of anilines is 1. The maximum Gasteiger partial charge on any atom is 0.417 e. The average molecular weight is 735 g/mol. The molecular formula is C36H36Cl2F3N3O4S.